The molecule has 0 fully saturated rings. The van der Waals surface area contributed by atoms with Crippen LogP contribution < -0.4 is 0 Å². The van der Waals surface area contributed by atoms with Crippen LogP contribution in [0.1, 0.15) is 39.4 Å². The lowest BCUT2D eigenvalue weighted by molar-refractivity contribution is 0.0646. The van der Waals surface area contributed by atoms with E-state index >= 15 is 0 Å². The van der Waals surface area contributed by atoms with Crippen molar-refractivity contribution in [2.45, 2.75) is 19.4 Å². The lowest BCUT2D eigenvalue weighted by atomic mass is 9.99. The van der Waals surface area contributed by atoms with E-state index in [2.05, 4.69) is 30.1 Å². The van der Waals surface area contributed by atoms with Crippen molar-refractivity contribution in [2.24, 2.45) is 0 Å². The molecule has 5 aromatic heterocycles. The summed E-state index contributed by atoms with van der Waals surface area (Å²) in [6.45, 7) is 2.47. The van der Waals surface area contributed by atoms with E-state index in [0.29, 0.717) is 18.7 Å². The Bertz CT molecular complexity index is 1440. The molecular formula is C21H17N9O2. The number of carbonyl (C=O) groups excluding carboxylic acids is 1. The zero-order valence-corrected chi connectivity index (χ0v) is 17.0. The number of pyridine rings is 1. The maximum absolute atomic E-state index is 13.5. The predicted octanol–water partition coefficient (Wildman–Crippen LogP) is 1.99. The van der Waals surface area contributed by atoms with Gasteiger partial charge in [0.2, 0.25) is 5.82 Å². The first-order valence-electron chi connectivity index (χ1n) is 10.1. The standard InChI is InChI=1S/C21H17N9O2/c1-12-4-2-8-30-15(12)10-14(28-30)17-16-13(24-11-25-16)5-9-29(17)21(31)20-27-26-19(32-20)18-22-6-3-7-23-18/h2-4,6-8,10-11,17H,5,9H2,1H3,(H,24,25)/t17-/m1/s1. The molecule has 5 aromatic rings. The molecular weight excluding hydrogens is 410 g/mol. The summed E-state index contributed by atoms with van der Waals surface area (Å²) < 4.78 is 7.44. The summed E-state index contributed by atoms with van der Waals surface area (Å²) in [7, 11) is 0. The van der Waals surface area contributed by atoms with Gasteiger partial charge in [-0.3, -0.25) is 4.79 Å². The van der Waals surface area contributed by atoms with Crippen molar-refractivity contribution in [3.05, 3.63) is 77.7 Å². The summed E-state index contributed by atoms with van der Waals surface area (Å²) in [5.74, 6) is -0.172. The van der Waals surface area contributed by atoms with Crippen LogP contribution >= 0.6 is 0 Å². The van der Waals surface area contributed by atoms with E-state index in [4.69, 9.17) is 9.52 Å². The summed E-state index contributed by atoms with van der Waals surface area (Å²) in [6.07, 6.45) is 7.30. The minimum absolute atomic E-state index is 0.0892. The molecule has 32 heavy (non-hydrogen) atoms. The van der Waals surface area contributed by atoms with Crippen LogP contribution in [0, 0.1) is 6.92 Å². The van der Waals surface area contributed by atoms with Gasteiger partial charge in [-0.2, -0.15) is 5.10 Å². The van der Waals surface area contributed by atoms with E-state index < -0.39 is 11.9 Å². The van der Waals surface area contributed by atoms with Gasteiger partial charge in [0.1, 0.15) is 6.04 Å². The van der Waals surface area contributed by atoms with E-state index in [1.54, 1.807) is 29.7 Å². The molecule has 1 atom stereocenters. The van der Waals surface area contributed by atoms with Gasteiger partial charge in [0.05, 0.1) is 23.2 Å². The highest BCUT2D eigenvalue weighted by atomic mass is 16.4. The molecule has 0 saturated heterocycles. The molecule has 0 aliphatic carbocycles. The second-order valence-corrected chi connectivity index (χ2v) is 7.49. The summed E-state index contributed by atoms with van der Waals surface area (Å²) in [6, 6.07) is 7.15. The molecule has 0 bridgehead atoms. The molecule has 1 N–H and O–H groups in total. The number of nitrogens with one attached hydrogen (secondary N) is 1. The zero-order valence-electron chi connectivity index (χ0n) is 17.0. The van der Waals surface area contributed by atoms with Crippen LogP contribution in [-0.2, 0) is 6.42 Å². The fourth-order valence-corrected chi connectivity index (χ4v) is 4.04. The SMILES string of the molecule is Cc1cccn2nc([C@@H]3c4nc[nH]c4CCN3C(=O)c3nnc(-c4ncccn4)o3)cc12. The van der Waals surface area contributed by atoms with Crippen LogP contribution in [0.4, 0.5) is 0 Å². The molecule has 158 valence electrons. The Kier molecular flexibility index (Phi) is 4.06. The van der Waals surface area contributed by atoms with Crippen molar-refractivity contribution >= 4 is 11.4 Å². The van der Waals surface area contributed by atoms with Crippen LogP contribution in [-0.4, -0.2) is 57.1 Å². The fourth-order valence-electron chi connectivity index (χ4n) is 4.04. The summed E-state index contributed by atoms with van der Waals surface area (Å²) >= 11 is 0. The molecule has 1 aliphatic heterocycles. The number of aryl methyl sites for hydroxylation is 1. The molecule has 1 amide bonds. The van der Waals surface area contributed by atoms with Crippen LogP contribution in [0.2, 0.25) is 0 Å². The normalized spacial score (nSPS) is 15.8. The van der Waals surface area contributed by atoms with E-state index in [9.17, 15) is 4.79 Å². The van der Waals surface area contributed by atoms with Crippen molar-refractivity contribution in [3.8, 4) is 11.7 Å². The predicted molar refractivity (Wildman–Crippen MR) is 110 cm³/mol. The highest BCUT2D eigenvalue weighted by molar-refractivity contribution is 5.90. The van der Waals surface area contributed by atoms with E-state index in [1.807, 2.05) is 35.8 Å². The number of nitrogens with zero attached hydrogens (tertiary/aromatic N) is 8. The monoisotopic (exact) mass is 427 g/mol. The van der Waals surface area contributed by atoms with Gasteiger partial charge < -0.3 is 14.3 Å². The van der Waals surface area contributed by atoms with Gasteiger partial charge in [-0.1, -0.05) is 6.07 Å². The number of aromatic amines is 1. The first-order chi connectivity index (χ1) is 15.7. The van der Waals surface area contributed by atoms with Gasteiger partial charge in [-0.25, -0.2) is 19.5 Å². The van der Waals surface area contributed by atoms with Crippen molar-refractivity contribution in [2.75, 3.05) is 6.54 Å². The Balaban J connectivity index is 1.41. The molecule has 0 saturated carbocycles. The topological polar surface area (TPSA) is 131 Å². The van der Waals surface area contributed by atoms with Crippen LogP contribution in [0.5, 0.6) is 0 Å². The Morgan fingerprint density at radius 3 is 2.91 bits per heavy atom. The number of hydrogen-bond acceptors (Lipinski definition) is 8. The molecule has 0 spiro atoms. The van der Waals surface area contributed by atoms with Crippen LogP contribution in [0.3, 0.4) is 0 Å². The molecule has 11 heteroatoms. The number of aromatic nitrogens is 8. The van der Waals surface area contributed by atoms with Crippen molar-refractivity contribution in [3.63, 3.8) is 0 Å². The van der Waals surface area contributed by atoms with E-state index in [-0.39, 0.29) is 17.6 Å². The van der Waals surface area contributed by atoms with Crippen molar-refractivity contribution in [1.29, 1.82) is 0 Å². The van der Waals surface area contributed by atoms with E-state index in [0.717, 1.165) is 22.5 Å². The highest BCUT2D eigenvalue weighted by Gasteiger charge is 2.38. The molecule has 6 heterocycles. The maximum atomic E-state index is 13.5. The molecule has 11 nitrogen and oxygen atoms in total. The highest BCUT2D eigenvalue weighted by Crippen LogP contribution is 2.34. The second kappa shape index (κ2) is 7.08. The number of fused-ring (bicyclic) bond motifs is 2. The molecule has 0 aromatic carbocycles. The minimum Gasteiger partial charge on any atom is -0.409 e. The van der Waals surface area contributed by atoms with Crippen LogP contribution in [0.15, 0.2) is 53.6 Å². The number of imidazole rings is 1. The quantitative estimate of drug-likeness (QED) is 0.462. The number of rotatable bonds is 3. The molecule has 0 unspecified atom stereocenters. The number of hydrogen-bond donors (Lipinski definition) is 1. The van der Waals surface area contributed by atoms with Gasteiger partial charge in [0, 0.05) is 37.3 Å². The molecule has 0 radical (unpaired) electrons. The Hall–Kier alpha value is -4.41. The second-order valence-electron chi connectivity index (χ2n) is 7.49. The van der Waals surface area contributed by atoms with Crippen molar-refractivity contribution in [1.82, 2.24) is 44.6 Å². The lowest BCUT2D eigenvalue weighted by Gasteiger charge is -2.32. The van der Waals surface area contributed by atoms with Crippen molar-refractivity contribution < 1.29 is 9.21 Å². The number of H-pyrrole nitrogens is 1. The first kappa shape index (κ1) is 18.4. The summed E-state index contributed by atoms with van der Waals surface area (Å²) in [5.41, 5.74) is 4.52. The number of carbonyl (C=O) groups is 1. The van der Waals surface area contributed by atoms with Crippen LogP contribution in [0.25, 0.3) is 17.2 Å². The fraction of sp³-hybridized carbons (Fsp3) is 0.190. The van der Waals surface area contributed by atoms with Gasteiger partial charge in [0.25, 0.3) is 5.89 Å². The summed E-state index contributed by atoms with van der Waals surface area (Å²) in [4.78, 5) is 31.0. The third-order valence-corrected chi connectivity index (χ3v) is 5.56. The average Bonchev–Trinajstić information content (AvgIpc) is 3.58. The van der Waals surface area contributed by atoms with E-state index in [1.165, 1.54) is 0 Å². The largest absolute Gasteiger partial charge is 0.409 e. The average molecular weight is 427 g/mol. The van der Waals surface area contributed by atoms with Gasteiger partial charge in [-0.05, 0) is 30.7 Å². The lowest BCUT2D eigenvalue weighted by Crippen LogP contribution is -2.41. The maximum Gasteiger partial charge on any atom is 0.312 e. The van der Waals surface area contributed by atoms with Gasteiger partial charge in [-0.15, -0.1) is 10.2 Å². The first-order valence-corrected chi connectivity index (χ1v) is 10.1. The zero-order chi connectivity index (χ0) is 21.7. The molecule has 1 aliphatic rings. The van der Waals surface area contributed by atoms with Gasteiger partial charge in [0.15, 0.2) is 0 Å². The molecule has 6 rings (SSSR count). The smallest absolute Gasteiger partial charge is 0.312 e. The third kappa shape index (κ3) is 2.86. The van der Waals surface area contributed by atoms with Gasteiger partial charge >= 0.3 is 11.8 Å². The Morgan fingerprint density at radius 2 is 2.06 bits per heavy atom. The Morgan fingerprint density at radius 1 is 1.19 bits per heavy atom. The number of amides is 1. The summed E-state index contributed by atoms with van der Waals surface area (Å²) in [5, 5.41) is 12.6. The Labute approximate surface area is 181 Å². The third-order valence-electron chi connectivity index (χ3n) is 5.56. The minimum atomic E-state index is -0.486.